The molecule has 0 unspecified atom stereocenters. The van der Waals surface area contributed by atoms with E-state index in [1.165, 1.54) is 32.1 Å². The van der Waals surface area contributed by atoms with Crippen molar-refractivity contribution < 1.29 is 4.79 Å². The fourth-order valence-electron chi connectivity index (χ4n) is 2.56. The van der Waals surface area contributed by atoms with Crippen molar-refractivity contribution in [2.75, 3.05) is 0 Å². The van der Waals surface area contributed by atoms with Crippen LogP contribution in [-0.4, -0.2) is 15.3 Å². The zero-order valence-electron chi connectivity index (χ0n) is 9.98. The van der Waals surface area contributed by atoms with Gasteiger partial charge >= 0.3 is 0 Å². The normalized spacial score (nSPS) is 17.6. The van der Waals surface area contributed by atoms with Crippen LogP contribution in [-0.2, 0) is 6.54 Å². The van der Waals surface area contributed by atoms with E-state index in [2.05, 4.69) is 4.98 Å². The molecular formula is C13H20N2O. The fraction of sp³-hybridized carbons (Fsp3) is 0.692. The van der Waals surface area contributed by atoms with Crippen LogP contribution >= 0.6 is 0 Å². The van der Waals surface area contributed by atoms with Gasteiger partial charge < -0.3 is 4.57 Å². The molecule has 1 fully saturated rings. The van der Waals surface area contributed by atoms with Gasteiger partial charge in [-0.05, 0) is 12.8 Å². The Kier molecular flexibility index (Phi) is 3.75. The SMILES string of the molecule is CCn1ccnc1C(=O)CC1CCCCC1. The van der Waals surface area contributed by atoms with Crippen molar-refractivity contribution in [2.45, 2.75) is 52.0 Å². The van der Waals surface area contributed by atoms with Crippen LogP contribution in [0.1, 0.15) is 56.1 Å². The molecule has 0 aliphatic heterocycles. The van der Waals surface area contributed by atoms with Gasteiger partial charge in [0.15, 0.2) is 11.6 Å². The molecule has 1 saturated carbocycles. The molecule has 3 nitrogen and oxygen atoms in total. The van der Waals surface area contributed by atoms with E-state index < -0.39 is 0 Å². The van der Waals surface area contributed by atoms with E-state index in [9.17, 15) is 4.79 Å². The van der Waals surface area contributed by atoms with Crippen LogP contribution in [0.5, 0.6) is 0 Å². The summed E-state index contributed by atoms with van der Waals surface area (Å²) in [6.45, 7) is 2.87. The number of hydrogen-bond acceptors (Lipinski definition) is 2. The number of nitrogens with zero attached hydrogens (tertiary/aromatic N) is 2. The van der Waals surface area contributed by atoms with Crippen LogP contribution in [0.4, 0.5) is 0 Å². The zero-order chi connectivity index (χ0) is 11.4. The Morgan fingerprint density at radius 2 is 2.19 bits per heavy atom. The maximum Gasteiger partial charge on any atom is 0.198 e. The first-order valence-corrected chi connectivity index (χ1v) is 6.35. The Balaban J connectivity index is 1.96. The summed E-state index contributed by atoms with van der Waals surface area (Å²) in [5.74, 6) is 1.47. The molecule has 3 heteroatoms. The van der Waals surface area contributed by atoms with Crippen LogP contribution in [0.2, 0.25) is 0 Å². The Labute approximate surface area is 96.9 Å². The third kappa shape index (κ3) is 2.52. The third-order valence-corrected chi connectivity index (χ3v) is 3.50. The molecule has 0 aromatic carbocycles. The average molecular weight is 220 g/mol. The number of Topliss-reactive ketones (excluding diaryl/α,β-unsaturated/α-hetero) is 1. The molecule has 2 rings (SSSR count). The second-order valence-corrected chi connectivity index (χ2v) is 4.67. The van der Waals surface area contributed by atoms with E-state index in [4.69, 9.17) is 0 Å². The summed E-state index contributed by atoms with van der Waals surface area (Å²) in [5.41, 5.74) is 0. The minimum atomic E-state index is 0.221. The number of carbonyl (C=O) groups is 1. The number of ketones is 1. The predicted octanol–water partition coefficient (Wildman–Crippen LogP) is 3.06. The van der Waals surface area contributed by atoms with Gasteiger partial charge in [0.25, 0.3) is 0 Å². The van der Waals surface area contributed by atoms with Crippen molar-refractivity contribution in [3.8, 4) is 0 Å². The molecule has 16 heavy (non-hydrogen) atoms. The van der Waals surface area contributed by atoms with Crippen molar-refractivity contribution in [1.29, 1.82) is 0 Å². The number of hydrogen-bond donors (Lipinski definition) is 0. The zero-order valence-corrected chi connectivity index (χ0v) is 9.98. The lowest BCUT2D eigenvalue weighted by atomic mass is 9.86. The van der Waals surface area contributed by atoms with E-state index in [1.54, 1.807) is 6.20 Å². The molecule has 0 atom stereocenters. The Morgan fingerprint density at radius 3 is 2.88 bits per heavy atom. The molecule has 1 aliphatic rings. The van der Waals surface area contributed by atoms with E-state index in [0.717, 1.165) is 6.54 Å². The van der Waals surface area contributed by atoms with Gasteiger partial charge in [0.05, 0.1) is 0 Å². The molecule has 1 aliphatic carbocycles. The highest BCUT2D eigenvalue weighted by atomic mass is 16.1. The van der Waals surface area contributed by atoms with Crippen molar-refractivity contribution in [3.05, 3.63) is 18.2 Å². The number of rotatable bonds is 4. The third-order valence-electron chi connectivity index (χ3n) is 3.50. The van der Waals surface area contributed by atoms with Gasteiger partial charge in [-0.2, -0.15) is 0 Å². The largest absolute Gasteiger partial charge is 0.329 e. The highest BCUT2D eigenvalue weighted by Gasteiger charge is 2.20. The molecule has 0 N–H and O–H groups in total. The Morgan fingerprint density at radius 1 is 1.44 bits per heavy atom. The first kappa shape index (κ1) is 11.4. The minimum absolute atomic E-state index is 0.221. The number of imidazole rings is 1. The summed E-state index contributed by atoms with van der Waals surface area (Å²) >= 11 is 0. The first-order valence-electron chi connectivity index (χ1n) is 6.35. The lowest BCUT2D eigenvalue weighted by Crippen LogP contribution is -2.16. The van der Waals surface area contributed by atoms with Crippen LogP contribution in [0.3, 0.4) is 0 Å². The second kappa shape index (κ2) is 5.28. The van der Waals surface area contributed by atoms with E-state index in [1.807, 2.05) is 17.7 Å². The summed E-state index contributed by atoms with van der Waals surface area (Å²) in [6, 6.07) is 0. The molecule has 0 amide bonds. The molecule has 88 valence electrons. The van der Waals surface area contributed by atoms with Crippen molar-refractivity contribution in [3.63, 3.8) is 0 Å². The standard InChI is InChI=1S/C13H20N2O/c1-2-15-9-8-14-13(15)12(16)10-11-6-4-3-5-7-11/h8-9,11H,2-7,10H2,1H3. The molecule has 0 spiro atoms. The lowest BCUT2D eigenvalue weighted by Gasteiger charge is -2.20. The predicted molar refractivity (Wildman–Crippen MR) is 63.4 cm³/mol. The van der Waals surface area contributed by atoms with E-state index in [-0.39, 0.29) is 5.78 Å². The van der Waals surface area contributed by atoms with Gasteiger partial charge in [-0.25, -0.2) is 4.98 Å². The monoisotopic (exact) mass is 220 g/mol. The van der Waals surface area contributed by atoms with Crippen molar-refractivity contribution in [2.24, 2.45) is 5.92 Å². The number of aromatic nitrogens is 2. The lowest BCUT2D eigenvalue weighted by molar-refractivity contribution is 0.0936. The van der Waals surface area contributed by atoms with Gasteiger partial charge in [0, 0.05) is 25.4 Å². The Hall–Kier alpha value is -1.12. The van der Waals surface area contributed by atoms with Crippen LogP contribution in [0, 0.1) is 5.92 Å². The average Bonchev–Trinajstić information content (AvgIpc) is 2.78. The molecule has 0 bridgehead atoms. The van der Waals surface area contributed by atoms with Crippen molar-refractivity contribution in [1.82, 2.24) is 9.55 Å². The fourth-order valence-corrected chi connectivity index (χ4v) is 2.56. The summed E-state index contributed by atoms with van der Waals surface area (Å²) < 4.78 is 1.94. The minimum Gasteiger partial charge on any atom is -0.329 e. The topological polar surface area (TPSA) is 34.9 Å². The van der Waals surface area contributed by atoms with E-state index >= 15 is 0 Å². The second-order valence-electron chi connectivity index (χ2n) is 4.67. The number of aryl methyl sites for hydroxylation is 1. The van der Waals surface area contributed by atoms with Gasteiger partial charge in [-0.3, -0.25) is 4.79 Å². The molecule has 1 aromatic heterocycles. The molecule has 1 heterocycles. The Bertz CT molecular complexity index is 351. The maximum absolute atomic E-state index is 12.1. The van der Waals surface area contributed by atoms with Crippen LogP contribution < -0.4 is 0 Å². The smallest absolute Gasteiger partial charge is 0.198 e. The van der Waals surface area contributed by atoms with E-state index in [0.29, 0.717) is 18.2 Å². The van der Waals surface area contributed by atoms with Gasteiger partial charge in [-0.15, -0.1) is 0 Å². The summed E-state index contributed by atoms with van der Waals surface area (Å²) in [4.78, 5) is 16.2. The molecule has 0 radical (unpaired) electrons. The first-order chi connectivity index (χ1) is 7.81. The quantitative estimate of drug-likeness (QED) is 0.731. The summed E-state index contributed by atoms with van der Waals surface area (Å²) in [6.07, 6.45) is 10.7. The molecule has 0 saturated heterocycles. The van der Waals surface area contributed by atoms with Crippen LogP contribution in [0.25, 0.3) is 0 Å². The highest BCUT2D eigenvalue weighted by Crippen LogP contribution is 2.27. The summed E-state index contributed by atoms with van der Waals surface area (Å²) in [5, 5.41) is 0. The maximum atomic E-state index is 12.1. The van der Waals surface area contributed by atoms with Gasteiger partial charge in [0.1, 0.15) is 0 Å². The van der Waals surface area contributed by atoms with Gasteiger partial charge in [-0.1, -0.05) is 32.1 Å². The summed E-state index contributed by atoms with van der Waals surface area (Å²) in [7, 11) is 0. The molecule has 1 aromatic rings. The van der Waals surface area contributed by atoms with Crippen LogP contribution in [0.15, 0.2) is 12.4 Å². The molecular weight excluding hydrogens is 200 g/mol. The highest BCUT2D eigenvalue weighted by molar-refractivity contribution is 5.92. The van der Waals surface area contributed by atoms with Gasteiger partial charge in [0.2, 0.25) is 0 Å². The van der Waals surface area contributed by atoms with Crippen molar-refractivity contribution >= 4 is 5.78 Å². The number of carbonyl (C=O) groups excluding carboxylic acids is 1.